The predicted octanol–water partition coefficient (Wildman–Crippen LogP) is 4.20. The lowest BCUT2D eigenvalue weighted by atomic mass is 9.88. The van der Waals surface area contributed by atoms with Crippen molar-refractivity contribution in [3.05, 3.63) is 94.8 Å². The van der Waals surface area contributed by atoms with Crippen LogP contribution in [0.15, 0.2) is 66.7 Å². The summed E-state index contributed by atoms with van der Waals surface area (Å²) in [6.07, 6.45) is -4.44. The van der Waals surface area contributed by atoms with Crippen LogP contribution in [0.3, 0.4) is 0 Å². The largest absolute Gasteiger partial charge is 0.416 e. The summed E-state index contributed by atoms with van der Waals surface area (Å²) >= 11 is 0. The SMILES string of the molecule is O=C1NC(=O)C(CN2Cc3ccc(F)cc3C2=O)(c2ccc(-c3ccc(C(F)(F)F)cc3)cc2)N1. The second-order valence-electron chi connectivity index (χ2n) is 8.43. The summed E-state index contributed by atoms with van der Waals surface area (Å²) in [4.78, 5) is 39.2. The zero-order chi connectivity index (χ0) is 25.0. The lowest BCUT2D eigenvalue weighted by Crippen LogP contribution is -2.52. The van der Waals surface area contributed by atoms with Crippen molar-refractivity contribution < 1.29 is 31.9 Å². The number of fused-ring (bicyclic) bond motifs is 1. The van der Waals surface area contributed by atoms with Gasteiger partial charge in [-0.15, -0.1) is 0 Å². The van der Waals surface area contributed by atoms with Gasteiger partial charge in [0.2, 0.25) is 0 Å². The van der Waals surface area contributed by atoms with Crippen molar-refractivity contribution in [2.45, 2.75) is 18.3 Å². The van der Waals surface area contributed by atoms with Crippen LogP contribution in [0.2, 0.25) is 0 Å². The summed E-state index contributed by atoms with van der Waals surface area (Å²) in [7, 11) is 0. The van der Waals surface area contributed by atoms with E-state index in [0.717, 1.165) is 18.2 Å². The van der Waals surface area contributed by atoms with Gasteiger partial charge in [0.15, 0.2) is 5.54 Å². The Morgan fingerprint density at radius 3 is 2.09 bits per heavy atom. The van der Waals surface area contributed by atoms with Gasteiger partial charge < -0.3 is 10.2 Å². The molecule has 2 aliphatic heterocycles. The highest BCUT2D eigenvalue weighted by molar-refractivity contribution is 6.08. The fraction of sp³-hybridized carbons (Fsp3) is 0.160. The van der Waals surface area contributed by atoms with E-state index in [1.54, 1.807) is 24.3 Å². The number of halogens is 4. The minimum absolute atomic E-state index is 0.142. The molecule has 1 atom stereocenters. The van der Waals surface area contributed by atoms with Crippen LogP contribution in [0.25, 0.3) is 11.1 Å². The number of imide groups is 1. The Bertz CT molecular complexity index is 1350. The average Bonchev–Trinajstić information content (AvgIpc) is 3.28. The molecule has 35 heavy (non-hydrogen) atoms. The first kappa shape index (κ1) is 22.6. The highest BCUT2D eigenvalue weighted by Gasteiger charge is 2.50. The van der Waals surface area contributed by atoms with Gasteiger partial charge in [0.25, 0.3) is 11.8 Å². The molecule has 4 amide bonds. The van der Waals surface area contributed by atoms with Gasteiger partial charge in [-0.05, 0) is 46.5 Å². The molecule has 1 unspecified atom stereocenters. The zero-order valence-corrected chi connectivity index (χ0v) is 17.9. The lowest BCUT2D eigenvalue weighted by Gasteiger charge is -2.31. The molecule has 10 heteroatoms. The van der Waals surface area contributed by atoms with Crippen molar-refractivity contribution in [2.75, 3.05) is 6.54 Å². The summed E-state index contributed by atoms with van der Waals surface area (Å²) in [5.74, 6) is -1.67. The van der Waals surface area contributed by atoms with E-state index in [1.807, 2.05) is 0 Å². The standard InChI is InChI=1S/C25H17F4N3O3/c26-19-10-5-16-12-32(21(33)20(16)11-19)13-24(22(34)30-23(35)31-24)17-6-1-14(2-7-17)15-3-8-18(9-4-15)25(27,28)29/h1-11H,12-13H2,(H2,30,31,34,35). The Hall–Kier alpha value is -4.21. The van der Waals surface area contributed by atoms with Gasteiger partial charge in [0.05, 0.1) is 12.1 Å². The molecule has 2 N–H and O–H groups in total. The van der Waals surface area contributed by atoms with Crippen molar-refractivity contribution in [2.24, 2.45) is 0 Å². The fourth-order valence-corrected chi connectivity index (χ4v) is 4.44. The van der Waals surface area contributed by atoms with Crippen molar-refractivity contribution in [1.82, 2.24) is 15.5 Å². The molecule has 6 nitrogen and oxygen atoms in total. The topological polar surface area (TPSA) is 78.5 Å². The zero-order valence-electron chi connectivity index (χ0n) is 17.9. The molecule has 178 valence electrons. The van der Waals surface area contributed by atoms with E-state index in [2.05, 4.69) is 10.6 Å². The second-order valence-corrected chi connectivity index (χ2v) is 8.43. The number of amides is 4. The molecule has 0 bridgehead atoms. The first-order valence-corrected chi connectivity index (χ1v) is 10.6. The summed E-state index contributed by atoms with van der Waals surface area (Å²) < 4.78 is 52.2. The molecule has 1 saturated heterocycles. The van der Waals surface area contributed by atoms with Gasteiger partial charge >= 0.3 is 12.2 Å². The molecule has 0 aliphatic carbocycles. The maximum Gasteiger partial charge on any atom is 0.416 e. The first-order valence-electron chi connectivity index (χ1n) is 10.6. The van der Waals surface area contributed by atoms with Gasteiger partial charge in [-0.25, -0.2) is 9.18 Å². The second kappa shape index (κ2) is 7.93. The molecule has 0 saturated carbocycles. The van der Waals surface area contributed by atoms with Gasteiger partial charge in [0.1, 0.15) is 5.82 Å². The summed E-state index contributed by atoms with van der Waals surface area (Å²) in [5, 5.41) is 4.81. The molecule has 1 fully saturated rings. The maximum atomic E-state index is 13.6. The monoisotopic (exact) mass is 483 g/mol. The Labute approximate surface area is 196 Å². The Kier molecular flexibility index (Phi) is 5.12. The first-order chi connectivity index (χ1) is 16.6. The number of nitrogens with zero attached hydrogens (tertiary/aromatic N) is 1. The van der Waals surface area contributed by atoms with E-state index < -0.39 is 40.9 Å². The molecule has 2 aliphatic rings. The Morgan fingerprint density at radius 2 is 1.51 bits per heavy atom. The number of hydrogen-bond donors (Lipinski definition) is 2. The summed E-state index contributed by atoms with van der Waals surface area (Å²) in [5.41, 5.74) is -0.0409. The predicted molar refractivity (Wildman–Crippen MR) is 116 cm³/mol. The van der Waals surface area contributed by atoms with Crippen LogP contribution < -0.4 is 10.6 Å². The number of nitrogens with one attached hydrogen (secondary N) is 2. The van der Waals surface area contributed by atoms with Crippen LogP contribution in [0.5, 0.6) is 0 Å². The van der Waals surface area contributed by atoms with Crippen molar-refractivity contribution in [3.8, 4) is 11.1 Å². The number of benzene rings is 3. The van der Waals surface area contributed by atoms with E-state index in [0.29, 0.717) is 22.3 Å². The molecule has 2 heterocycles. The summed E-state index contributed by atoms with van der Waals surface area (Å²) in [6, 6.07) is 14.2. The normalized spacial score (nSPS) is 19.5. The van der Waals surface area contributed by atoms with Crippen molar-refractivity contribution >= 4 is 17.8 Å². The molecule has 3 aromatic rings. The summed E-state index contributed by atoms with van der Waals surface area (Å²) in [6.45, 7) is -0.0533. The lowest BCUT2D eigenvalue weighted by molar-refractivity contribution is -0.137. The van der Waals surface area contributed by atoms with Crippen LogP contribution >= 0.6 is 0 Å². The van der Waals surface area contributed by atoms with Crippen LogP contribution in [0.4, 0.5) is 22.4 Å². The minimum Gasteiger partial charge on any atom is -0.331 e. The van der Waals surface area contributed by atoms with E-state index in [1.165, 1.54) is 29.2 Å². The average molecular weight is 483 g/mol. The van der Waals surface area contributed by atoms with Crippen molar-refractivity contribution in [3.63, 3.8) is 0 Å². The number of alkyl halides is 3. The number of carbonyl (C=O) groups excluding carboxylic acids is 3. The molecule has 0 aromatic heterocycles. The molecular formula is C25H17F4N3O3. The Morgan fingerprint density at radius 1 is 0.886 bits per heavy atom. The third-order valence-corrected chi connectivity index (χ3v) is 6.24. The smallest absolute Gasteiger partial charge is 0.331 e. The number of hydrogen-bond acceptors (Lipinski definition) is 3. The van der Waals surface area contributed by atoms with E-state index in [9.17, 15) is 31.9 Å². The van der Waals surface area contributed by atoms with E-state index in [-0.39, 0.29) is 18.7 Å². The highest BCUT2D eigenvalue weighted by Crippen LogP contribution is 2.34. The molecule has 3 aromatic carbocycles. The van der Waals surface area contributed by atoms with E-state index >= 15 is 0 Å². The highest BCUT2D eigenvalue weighted by atomic mass is 19.4. The number of urea groups is 1. The minimum atomic E-state index is -4.44. The number of rotatable bonds is 4. The number of carbonyl (C=O) groups is 3. The Balaban J connectivity index is 1.45. The van der Waals surface area contributed by atoms with Crippen LogP contribution in [0, 0.1) is 5.82 Å². The van der Waals surface area contributed by atoms with Crippen LogP contribution in [-0.2, 0) is 23.1 Å². The third kappa shape index (κ3) is 3.90. The van der Waals surface area contributed by atoms with E-state index in [4.69, 9.17) is 0 Å². The van der Waals surface area contributed by atoms with Crippen LogP contribution in [-0.4, -0.2) is 29.3 Å². The fourth-order valence-electron chi connectivity index (χ4n) is 4.44. The molecule has 5 rings (SSSR count). The molecule has 0 radical (unpaired) electrons. The van der Waals surface area contributed by atoms with Gasteiger partial charge in [-0.3, -0.25) is 14.9 Å². The van der Waals surface area contributed by atoms with Crippen LogP contribution in [0.1, 0.15) is 27.0 Å². The van der Waals surface area contributed by atoms with Gasteiger partial charge in [0, 0.05) is 12.1 Å². The molecular weight excluding hydrogens is 466 g/mol. The third-order valence-electron chi connectivity index (χ3n) is 6.24. The van der Waals surface area contributed by atoms with Crippen molar-refractivity contribution in [1.29, 1.82) is 0 Å². The van der Waals surface area contributed by atoms with Gasteiger partial charge in [-0.2, -0.15) is 13.2 Å². The quantitative estimate of drug-likeness (QED) is 0.431. The molecule has 0 spiro atoms. The maximum absolute atomic E-state index is 13.6. The van der Waals surface area contributed by atoms with Gasteiger partial charge in [-0.1, -0.05) is 42.5 Å².